The van der Waals surface area contributed by atoms with E-state index in [9.17, 15) is 0 Å². The van der Waals surface area contributed by atoms with Crippen LogP contribution in [0.1, 0.15) is 44.3 Å². The number of aromatic nitrogens is 1. The Balaban J connectivity index is 1.85. The van der Waals surface area contributed by atoms with Gasteiger partial charge in [-0.2, -0.15) is 0 Å². The van der Waals surface area contributed by atoms with Gasteiger partial charge in [0.1, 0.15) is 0 Å². The van der Waals surface area contributed by atoms with Crippen molar-refractivity contribution in [2.24, 2.45) is 0 Å². The summed E-state index contributed by atoms with van der Waals surface area (Å²) in [5.41, 5.74) is 1.37. The van der Waals surface area contributed by atoms with Crippen LogP contribution < -0.4 is 5.32 Å². The van der Waals surface area contributed by atoms with Crippen LogP contribution in [0.15, 0.2) is 5.38 Å². The molecule has 1 fully saturated rings. The van der Waals surface area contributed by atoms with Gasteiger partial charge in [-0.1, -0.05) is 20.8 Å². The lowest BCUT2D eigenvalue weighted by molar-refractivity contribution is 0.226. The Morgan fingerprint density at radius 2 is 2.28 bits per heavy atom. The average Bonchev–Trinajstić information content (AvgIpc) is 2.74. The van der Waals surface area contributed by atoms with Gasteiger partial charge in [-0.25, -0.2) is 4.98 Å². The minimum Gasteiger partial charge on any atom is -0.307 e. The summed E-state index contributed by atoms with van der Waals surface area (Å²) < 4.78 is 0. The fourth-order valence-electron chi connectivity index (χ4n) is 2.31. The Labute approximate surface area is 115 Å². The lowest BCUT2D eigenvalue weighted by Gasteiger charge is -2.30. The Hall–Kier alpha value is -0.450. The molecule has 1 N–H and O–H groups in total. The van der Waals surface area contributed by atoms with Crippen LogP contribution in [-0.2, 0) is 12.0 Å². The monoisotopic (exact) mass is 267 g/mol. The van der Waals surface area contributed by atoms with E-state index in [1.807, 2.05) is 0 Å². The van der Waals surface area contributed by atoms with Gasteiger partial charge in [-0.3, -0.25) is 0 Å². The molecule has 3 nitrogen and oxygen atoms in total. The normalized spacial score (nSPS) is 22.3. The van der Waals surface area contributed by atoms with Crippen molar-refractivity contribution in [2.75, 3.05) is 20.1 Å². The zero-order valence-electron chi connectivity index (χ0n) is 12.0. The summed E-state index contributed by atoms with van der Waals surface area (Å²) in [7, 11) is 2.20. The number of nitrogens with one attached hydrogen (secondary N) is 1. The minimum atomic E-state index is 0.175. The van der Waals surface area contributed by atoms with E-state index < -0.39 is 0 Å². The summed E-state index contributed by atoms with van der Waals surface area (Å²) in [4.78, 5) is 7.13. The molecule has 4 heteroatoms. The second-order valence-corrected chi connectivity index (χ2v) is 7.23. The van der Waals surface area contributed by atoms with Crippen LogP contribution >= 0.6 is 11.3 Å². The standard InChI is InChI=1S/C14H25N3S/c1-14(2,3)13-16-12(10-18-13)8-15-11-6-5-7-17(4)9-11/h10-11,15H,5-9H2,1-4H3. The molecule has 1 aliphatic rings. The molecule has 0 aliphatic carbocycles. The van der Waals surface area contributed by atoms with Crippen LogP contribution in [0.25, 0.3) is 0 Å². The molecule has 0 bridgehead atoms. The molecule has 2 heterocycles. The number of likely N-dealkylation sites (tertiary alicyclic amines) is 1. The maximum Gasteiger partial charge on any atom is 0.0982 e. The fraction of sp³-hybridized carbons (Fsp3) is 0.786. The molecule has 0 saturated carbocycles. The molecule has 18 heavy (non-hydrogen) atoms. The molecule has 1 aromatic rings. The third-order valence-electron chi connectivity index (χ3n) is 3.39. The SMILES string of the molecule is CN1CCCC(NCc2csc(C(C)(C)C)n2)C1. The molecule has 0 spiro atoms. The van der Waals surface area contributed by atoms with Gasteiger partial charge >= 0.3 is 0 Å². The van der Waals surface area contributed by atoms with E-state index in [1.54, 1.807) is 11.3 Å². The van der Waals surface area contributed by atoms with E-state index in [0.717, 1.165) is 13.1 Å². The summed E-state index contributed by atoms with van der Waals surface area (Å²) in [6, 6.07) is 0.628. The number of hydrogen-bond donors (Lipinski definition) is 1. The highest BCUT2D eigenvalue weighted by Crippen LogP contribution is 2.25. The molecule has 1 saturated heterocycles. The largest absolute Gasteiger partial charge is 0.307 e. The maximum absolute atomic E-state index is 4.73. The lowest BCUT2D eigenvalue weighted by atomic mass is 9.98. The van der Waals surface area contributed by atoms with Gasteiger partial charge in [0.15, 0.2) is 0 Å². The number of likely N-dealkylation sites (N-methyl/N-ethyl adjacent to an activating group) is 1. The van der Waals surface area contributed by atoms with E-state index in [2.05, 4.69) is 43.4 Å². The van der Waals surface area contributed by atoms with Crippen LogP contribution in [0.4, 0.5) is 0 Å². The van der Waals surface area contributed by atoms with Crippen molar-refractivity contribution in [3.63, 3.8) is 0 Å². The molecule has 1 unspecified atom stereocenters. The van der Waals surface area contributed by atoms with Crippen molar-refractivity contribution in [3.05, 3.63) is 16.1 Å². The van der Waals surface area contributed by atoms with Gasteiger partial charge in [0.2, 0.25) is 0 Å². The van der Waals surface area contributed by atoms with Gasteiger partial charge < -0.3 is 10.2 Å². The Morgan fingerprint density at radius 3 is 2.89 bits per heavy atom. The molecular weight excluding hydrogens is 242 g/mol. The highest BCUT2D eigenvalue weighted by molar-refractivity contribution is 7.09. The summed E-state index contributed by atoms with van der Waals surface area (Å²) >= 11 is 1.78. The molecule has 2 rings (SSSR count). The third-order valence-corrected chi connectivity index (χ3v) is 4.71. The van der Waals surface area contributed by atoms with Gasteiger partial charge in [0.25, 0.3) is 0 Å². The summed E-state index contributed by atoms with van der Waals surface area (Å²) in [6.07, 6.45) is 2.60. The Morgan fingerprint density at radius 1 is 1.50 bits per heavy atom. The van der Waals surface area contributed by atoms with Crippen molar-refractivity contribution in [1.82, 2.24) is 15.2 Å². The van der Waals surface area contributed by atoms with E-state index in [1.165, 1.54) is 30.1 Å². The van der Waals surface area contributed by atoms with Gasteiger partial charge in [0.05, 0.1) is 10.7 Å². The summed E-state index contributed by atoms with van der Waals surface area (Å²) in [5, 5.41) is 7.07. The van der Waals surface area contributed by atoms with E-state index in [0.29, 0.717) is 6.04 Å². The second-order valence-electron chi connectivity index (χ2n) is 6.38. The fourth-order valence-corrected chi connectivity index (χ4v) is 3.22. The molecule has 1 aliphatic heterocycles. The molecular formula is C14H25N3S. The Kier molecular flexibility index (Phi) is 4.41. The first kappa shape index (κ1) is 14.0. The predicted octanol–water partition coefficient (Wildman–Crippen LogP) is 2.62. The van der Waals surface area contributed by atoms with Crippen LogP contribution in [0.2, 0.25) is 0 Å². The quantitative estimate of drug-likeness (QED) is 0.912. The summed E-state index contributed by atoms with van der Waals surface area (Å²) in [5.74, 6) is 0. The average molecular weight is 267 g/mol. The van der Waals surface area contributed by atoms with Crippen molar-refractivity contribution in [3.8, 4) is 0 Å². The number of piperidine rings is 1. The maximum atomic E-state index is 4.73. The number of nitrogens with zero attached hydrogens (tertiary/aromatic N) is 2. The van der Waals surface area contributed by atoms with Crippen LogP contribution in [0.5, 0.6) is 0 Å². The van der Waals surface area contributed by atoms with Gasteiger partial charge in [-0.15, -0.1) is 11.3 Å². The number of hydrogen-bond acceptors (Lipinski definition) is 4. The van der Waals surface area contributed by atoms with E-state index >= 15 is 0 Å². The van der Waals surface area contributed by atoms with Gasteiger partial charge in [-0.05, 0) is 26.4 Å². The molecule has 1 aromatic heterocycles. The Bertz CT molecular complexity index is 381. The first-order chi connectivity index (χ1) is 8.45. The van der Waals surface area contributed by atoms with E-state index in [4.69, 9.17) is 4.98 Å². The van der Waals surface area contributed by atoms with Gasteiger partial charge in [0, 0.05) is 29.9 Å². The van der Waals surface area contributed by atoms with Crippen LogP contribution in [0, 0.1) is 0 Å². The topological polar surface area (TPSA) is 28.2 Å². The zero-order valence-corrected chi connectivity index (χ0v) is 12.8. The number of rotatable bonds is 3. The van der Waals surface area contributed by atoms with Crippen LogP contribution in [-0.4, -0.2) is 36.1 Å². The van der Waals surface area contributed by atoms with Crippen molar-refractivity contribution < 1.29 is 0 Å². The molecule has 102 valence electrons. The van der Waals surface area contributed by atoms with Crippen molar-refractivity contribution in [2.45, 2.75) is 51.6 Å². The highest BCUT2D eigenvalue weighted by atomic mass is 32.1. The van der Waals surface area contributed by atoms with Crippen LogP contribution in [0.3, 0.4) is 0 Å². The van der Waals surface area contributed by atoms with Crippen molar-refractivity contribution in [1.29, 1.82) is 0 Å². The van der Waals surface area contributed by atoms with Crippen molar-refractivity contribution >= 4 is 11.3 Å². The summed E-state index contributed by atoms with van der Waals surface area (Å²) in [6.45, 7) is 9.97. The first-order valence-electron chi connectivity index (χ1n) is 6.82. The lowest BCUT2D eigenvalue weighted by Crippen LogP contribution is -2.43. The molecule has 0 aromatic carbocycles. The third kappa shape index (κ3) is 3.77. The molecule has 0 amide bonds. The molecule has 1 atom stereocenters. The first-order valence-corrected chi connectivity index (χ1v) is 7.70. The van der Waals surface area contributed by atoms with E-state index in [-0.39, 0.29) is 5.41 Å². The zero-order chi connectivity index (χ0) is 13.2. The predicted molar refractivity (Wildman–Crippen MR) is 78.2 cm³/mol. The second kappa shape index (κ2) is 5.68. The number of thiazole rings is 1. The highest BCUT2D eigenvalue weighted by Gasteiger charge is 2.19. The molecule has 0 radical (unpaired) electrons. The smallest absolute Gasteiger partial charge is 0.0982 e. The minimum absolute atomic E-state index is 0.175.